The van der Waals surface area contributed by atoms with E-state index in [9.17, 15) is 13.2 Å². The summed E-state index contributed by atoms with van der Waals surface area (Å²) in [4.78, 5) is 0. The first kappa shape index (κ1) is 7.82. The summed E-state index contributed by atoms with van der Waals surface area (Å²) in [6.45, 7) is 0. The number of alkyl halides is 1. The minimum Gasteiger partial charge on any atom is -0.206 e. The third kappa shape index (κ3) is 2.91. The average molecular weight is 145 g/mol. The van der Waals surface area contributed by atoms with Crippen LogP contribution in [0.1, 0.15) is 6.42 Å². The fraction of sp³-hybridized carbons (Fsp3) is 0.500. The highest BCUT2D eigenvalue weighted by Crippen LogP contribution is 2.12. The molecule has 0 rings (SSSR count). The fourth-order valence-corrected chi connectivity index (χ4v) is 0.343. The topological polar surface area (TPSA) is 0 Å². The van der Waals surface area contributed by atoms with Crippen molar-refractivity contribution in [2.24, 2.45) is 0 Å². The van der Waals surface area contributed by atoms with E-state index in [1.165, 1.54) is 0 Å². The standard InChI is InChI=1S/C4H4ClF3/c5-2-1-3(6)4(7)8/h1-2H2. The van der Waals surface area contributed by atoms with Gasteiger partial charge in [0, 0.05) is 12.3 Å². The van der Waals surface area contributed by atoms with Gasteiger partial charge in [0.2, 0.25) is 0 Å². The van der Waals surface area contributed by atoms with Crippen molar-refractivity contribution in [3.05, 3.63) is 11.9 Å². The Labute approximate surface area is 49.9 Å². The molecule has 4 heteroatoms. The Hall–Kier alpha value is -0.180. The molecular formula is C4H4ClF3. The monoisotopic (exact) mass is 144 g/mol. The molecule has 0 aromatic carbocycles. The van der Waals surface area contributed by atoms with Crippen LogP contribution in [-0.4, -0.2) is 5.88 Å². The lowest BCUT2D eigenvalue weighted by Gasteiger charge is -1.86. The summed E-state index contributed by atoms with van der Waals surface area (Å²) in [5, 5.41) is 0. The van der Waals surface area contributed by atoms with Gasteiger partial charge in [0.1, 0.15) is 0 Å². The molecule has 0 aliphatic rings. The Balaban J connectivity index is 3.62. The van der Waals surface area contributed by atoms with Crippen LogP contribution in [0, 0.1) is 0 Å². The third-order valence-electron chi connectivity index (χ3n) is 0.519. The molecule has 0 radical (unpaired) electrons. The van der Waals surface area contributed by atoms with E-state index in [0.29, 0.717) is 0 Å². The van der Waals surface area contributed by atoms with E-state index in [4.69, 9.17) is 11.6 Å². The van der Waals surface area contributed by atoms with E-state index in [1.807, 2.05) is 0 Å². The van der Waals surface area contributed by atoms with Crippen LogP contribution in [-0.2, 0) is 0 Å². The molecule has 0 spiro atoms. The van der Waals surface area contributed by atoms with Crippen LogP contribution in [0.2, 0.25) is 0 Å². The molecule has 0 nitrogen and oxygen atoms in total. The zero-order valence-corrected chi connectivity index (χ0v) is 4.68. The van der Waals surface area contributed by atoms with Crippen LogP contribution in [0.5, 0.6) is 0 Å². The highest BCUT2D eigenvalue weighted by Gasteiger charge is 2.01. The number of rotatable bonds is 2. The van der Waals surface area contributed by atoms with Gasteiger partial charge in [-0.05, 0) is 0 Å². The summed E-state index contributed by atoms with van der Waals surface area (Å²) in [6.07, 6.45) is -2.66. The summed E-state index contributed by atoms with van der Waals surface area (Å²) >= 11 is 4.93. The predicted octanol–water partition coefficient (Wildman–Crippen LogP) is 2.69. The highest BCUT2D eigenvalue weighted by molar-refractivity contribution is 6.17. The second kappa shape index (κ2) is 3.78. The van der Waals surface area contributed by atoms with Gasteiger partial charge in [0.25, 0.3) is 0 Å². The Morgan fingerprint density at radius 1 is 1.25 bits per heavy atom. The van der Waals surface area contributed by atoms with Gasteiger partial charge in [-0.15, -0.1) is 11.6 Å². The third-order valence-corrected chi connectivity index (χ3v) is 0.708. The maximum atomic E-state index is 11.6. The van der Waals surface area contributed by atoms with Crippen molar-refractivity contribution in [1.29, 1.82) is 0 Å². The SMILES string of the molecule is FC(F)=C(F)CCCl. The number of allylic oxidation sites excluding steroid dienone is 1. The first-order valence-corrected chi connectivity index (χ1v) is 2.47. The molecular weight excluding hydrogens is 140 g/mol. The first-order valence-electron chi connectivity index (χ1n) is 1.94. The molecule has 0 bridgehead atoms. The molecule has 0 aromatic rings. The molecule has 0 N–H and O–H groups in total. The van der Waals surface area contributed by atoms with Crippen molar-refractivity contribution in [3.8, 4) is 0 Å². The summed E-state index contributed by atoms with van der Waals surface area (Å²) in [5.41, 5.74) is 0. The van der Waals surface area contributed by atoms with Gasteiger partial charge >= 0.3 is 6.08 Å². The van der Waals surface area contributed by atoms with Crippen LogP contribution < -0.4 is 0 Å². The minimum atomic E-state index is -2.27. The zero-order chi connectivity index (χ0) is 6.57. The largest absolute Gasteiger partial charge is 0.301 e. The highest BCUT2D eigenvalue weighted by atomic mass is 35.5. The Morgan fingerprint density at radius 3 is 1.88 bits per heavy atom. The summed E-state index contributed by atoms with van der Waals surface area (Å²) in [6, 6.07) is 0. The fourth-order valence-electron chi connectivity index (χ4n) is 0.177. The van der Waals surface area contributed by atoms with Crippen molar-refractivity contribution in [3.63, 3.8) is 0 Å². The van der Waals surface area contributed by atoms with Crippen LogP contribution in [0.4, 0.5) is 13.2 Å². The summed E-state index contributed by atoms with van der Waals surface area (Å²) in [7, 11) is 0. The Kier molecular flexibility index (Phi) is 3.69. The first-order chi connectivity index (χ1) is 3.68. The molecule has 0 amide bonds. The van der Waals surface area contributed by atoms with E-state index >= 15 is 0 Å². The average Bonchev–Trinajstić information content (AvgIpc) is 1.67. The molecule has 0 aliphatic carbocycles. The Morgan fingerprint density at radius 2 is 1.75 bits per heavy atom. The molecule has 0 atom stereocenters. The molecule has 48 valence electrons. The number of hydrogen-bond acceptors (Lipinski definition) is 0. The van der Waals surface area contributed by atoms with Crippen LogP contribution in [0.3, 0.4) is 0 Å². The lowest BCUT2D eigenvalue weighted by atomic mass is 10.4. The van der Waals surface area contributed by atoms with Crippen molar-refractivity contribution in [2.75, 3.05) is 5.88 Å². The predicted molar refractivity (Wildman–Crippen MR) is 25.7 cm³/mol. The van der Waals surface area contributed by atoms with Gasteiger partial charge in [0.05, 0.1) is 0 Å². The minimum absolute atomic E-state index is 0.108. The number of hydrogen-bond donors (Lipinski definition) is 0. The number of halogens is 4. The normalized spacial score (nSPS) is 9.00. The van der Waals surface area contributed by atoms with E-state index in [-0.39, 0.29) is 12.3 Å². The molecule has 0 aromatic heterocycles. The van der Waals surface area contributed by atoms with Gasteiger partial charge in [-0.2, -0.15) is 8.78 Å². The molecule has 0 saturated carbocycles. The van der Waals surface area contributed by atoms with Gasteiger partial charge in [-0.1, -0.05) is 0 Å². The smallest absolute Gasteiger partial charge is 0.206 e. The van der Waals surface area contributed by atoms with Crippen LogP contribution >= 0.6 is 11.6 Å². The lowest BCUT2D eigenvalue weighted by Crippen LogP contribution is -1.76. The zero-order valence-electron chi connectivity index (χ0n) is 3.93. The second-order valence-electron chi connectivity index (χ2n) is 1.10. The lowest BCUT2D eigenvalue weighted by molar-refractivity contribution is 0.373. The maximum Gasteiger partial charge on any atom is 0.301 e. The van der Waals surface area contributed by atoms with E-state index in [2.05, 4.69) is 0 Å². The van der Waals surface area contributed by atoms with Gasteiger partial charge in [0.15, 0.2) is 5.83 Å². The quantitative estimate of drug-likeness (QED) is 0.523. The van der Waals surface area contributed by atoms with Crippen molar-refractivity contribution < 1.29 is 13.2 Å². The molecule has 0 unspecified atom stereocenters. The van der Waals surface area contributed by atoms with Gasteiger partial charge in [-0.3, -0.25) is 0 Å². The molecule has 0 aliphatic heterocycles. The van der Waals surface area contributed by atoms with Crippen molar-refractivity contribution in [1.82, 2.24) is 0 Å². The maximum absolute atomic E-state index is 11.6. The van der Waals surface area contributed by atoms with Crippen molar-refractivity contribution >= 4 is 11.6 Å². The summed E-state index contributed by atoms with van der Waals surface area (Å²) in [5.74, 6) is -1.52. The van der Waals surface area contributed by atoms with Gasteiger partial charge < -0.3 is 0 Å². The molecule has 0 fully saturated rings. The van der Waals surface area contributed by atoms with E-state index < -0.39 is 11.9 Å². The molecule has 0 saturated heterocycles. The molecule has 8 heavy (non-hydrogen) atoms. The van der Waals surface area contributed by atoms with Gasteiger partial charge in [-0.25, -0.2) is 4.39 Å². The summed E-state index contributed by atoms with van der Waals surface area (Å²) < 4.78 is 33.7. The molecule has 0 heterocycles. The second-order valence-corrected chi connectivity index (χ2v) is 1.48. The van der Waals surface area contributed by atoms with Crippen molar-refractivity contribution in [2.45, 2.75) is 6.42 Å². The van der Waals surface area contributed by atoms with Crippen LogP contribution in [0.25, 0.3) is 0 Å². The van der Waals surface area contributed by atoms with Crippen LogP contribution in [0.15, 0.2) is 11.9 Å². The Bertz CT molecular complexity index is 95.5. The van der Waals surface area contributed by atoms with E-state index in [0.717, 1.165) is 0 Å². The van der Waals surface area contributed by atoms with E-state index in [1.54, 1.807) is 0 Å².